The summed E-state index contributed by atoms with van der Waals surface area (Å²) in [5.41, 5.74) is 3.89. The number of ether oxygens (including phenoxy) is 2. The number of nitrogens with one attached hydrogen (secondary N) is 1. The molecule has 1 aliphatic heterocycles. The van der Waals surface area contributed by atoms with Gasteiger partial charge in [-0.3, -0.25) is 4.79 Å². The van der Waals surface area contributed by atoms with E-state index in [1.807, 2.05) is 44.2 Å². The molecule has 23 heavy (non-hydrogen) atoms. The van der Waals surface area contributed by atoms with Crippen molar-refractivity contribution >= 4 is 27.5 Å². The Kier molecular flexibility index (Phi) is 4.57. The van der Waals surface area contributed by atoms with Crippen LogP contribution in [-0.4, -0.2) is 19.1 Å². The number of hydrogen-bond donors (Lipinski definition) is 1. The molecular weight excluding hydrogens is 358 g/mol. The van der Waals surface area contributed by atoms with Crippen LogP contribution in [0.15, 0.2) is 34.8 Å². The van der Waals surface area contributed by atoms with Crippen LogP contribution in [0.4, 0.5) is 5.69 Å². The number of anilines is 1. The molecule has 1 heterocycles. The van der Waals surface area contributed by atoms with Crippen molar-refractivity contribution in [3.05, 3.63) is 51.5 Å². The van der Waals surface area contributed by atoms with Crippen LogP contribution in [0.5, 0.6) is 11.5 Å². The van der Waals surface area contributed by atoms with Crippen molar-refractivity contribution in [2.24, 2.45) is 0 Å². The lowest BCUT2D eigenvalue weighted by molar-refractivity contribution is -0.115. The number of amides is 1. The minimum absolute atomic E-state index is 0.0592. The van der Waals surface area contributed by atoms with E-state index in [2.05, 4.69) is 21.2 Å². The molecular formula is C18H18BrNO3. The second kappa shape index (κ2) is 6.62. The zero-order valence-electron chi connectivity index (χ0n) is 13.1. The summed E-state index contributed by atoms with van der Waals surface area (Å²) in [5, 5.41) is 2.97. The molecule has 0 radical (unpaired) electrons. The van der Waals surface area contributed by atoms with E-state index in [9.17, 15) is 4.79 Å². The lowest BCUT2D eigenvalue weighted by Crippen LogP contribution is -2.18. The molecule has 5 heteroatoms. The average Bonchev–Trinajstić information content (AvgIpc) is 2.51. The summed E-state index contributed by atoms with van der Waals surface area (Å²) in [6.07, 6.45) is 0.268. The molecule has 0 saturated carbocycles. The van der Waals surface area contributed by atoms with Crippen LogP contribution >= 0.6 is 15.9 Å². The van der Waals surface area contributed by atoms with Gasteiger partial charge in [0.2, 0.25) is 5.91 Å². The number of hydrogen-bond acceptors (Lipinski definition) is 3. The molecule has 1 aliphatic rings. The Labute approximate surface area is 143 Å². The first-order valence-electron chi connectivity index (χ1n) is 7.48. The Balaban J connectivity index is 1.76. The highest BCUT2D eigenvalue weighted by molar-refractivity contribution is 9.10. The van der Waals surface area contributed by atoms with Gasteiger partial charge in [-0.2, -0.15) is 0 Å². The van der Waals surface area contributed by atoms with Crippen molar-refractivity contribution in [1.82, 2.24) is 0 Å². The smallest absolute Gasteiger partial charge is 0.228 e. The molecule has 0 saturated heterocycles. The largest absolute Gasteiger partial charge is 0.486 e. The zero-order valence-corrected chi connectivity index (χ0v) is 14.7. The lowest BCUT2D eigenvalue weighted by Gasteiger charge is -2.20. The maximum Gasteiger partial charge on any atom is 0.228 e. The third-order valence-corrected chi connectivity index (χ3v) is 4.47. The summed E-state index contributed by atoms with van der Waals surface area (Å²) < 4.78 is 12.0. The van der Waals surface area contributed by atoms with Gasteiger partial charge >= 0.3 is 0 Å². The lowest BCUT2D eigenvalue weighted by atomic mass is 10.1. The minimum atomic E-state index is -0.0592. The van der Waals surface area contributed by atoms with E-state index in [1.165, 1.54) is 0 Å². The van der Waals surface area contributed by atoms with E-state index >= 15 is 0 Å². The molecule has 0 unspecified atom stereocenters. The molecule has 4 nitrogen and oxygen atoms in total. The normalized spacial score (nSPS) is 12.8. The van der Waals surface area contributed by atoms with Crippen molar-refractivity contribution in [1.29, 1.82) is 0 Å². The Morgan fingerprint density at radius 2 is 1.83 bits per heavy atom. The molecule has 2 aromatic rings. The van der Waals surface area contributed by atoms with Gasteiger partial charge in [0.25, 0.3) is 0 Å². The average molecular weight is 376 g/mol. The maximum atomic E-state index is 12.4. The third-order valence-electron chi connectivity index (χ3n) is 3.73. The van der Waals surface area contributed by atoms with Crippen LogP contribution in [0, 0.1) is 13.8 Å². The zero-order chi connectivity index (χ0) is 16.4. The fourth-order valence-corrected chi connectivity index (χ4v) is 2.94. The summed E-state index contributed by atoms with van der Waals surface area (Å²) in [5.74, 6) is 1.34. The summed E-state index contributed by atoms with van der Waals surface area (Å²) in [6, 6.07) is 9.73. The second-order valence-corrected chi connectivity index (χ2v) is 6.48. The van der Waals surface area contributed by atoms with E-state index in [4.69, 9.17) is 9.47 Å². The molecule has 3 rings (SSSR count). The first kappa shape index (κ1) is 15.9. The van der Waals surface area contributed by atoms with Crippen molar-refractivity contribution in [3.63, 3.8) is 0 Å². The second-order valence-electron chi connectivity index (χ2n) is 5.63. The predicted octanol–water partition coefficient (Wildman–Crippen LogP) is 4.02. The van der Waals surface area contributed by atoms with Crippen molar-refractivity contribution < 1.29 is 14.3 Å². The highest BCUT2D eigenvalue weighted by Gasteiger charge is 2.16. The van der Waals surface area contributed by atoms with E-state index < -0.39 is 0 Å². The van der Waals surface area contributed by atoms with Gasteiger partial charge in [0.1, 0.15) is 13.2 Å². The van der Waals surface area contributed by atoms with Crippen LogP contribution in [0.25, 0.3) is 0 Å². The number of carbonyl (C=O) groups is 1. The summed E-state index contributed by atoms with van der Waals surface area (Å²) in [4.78, 5) is 12.4. The molecule has 0 aliphatic carbocycles. The highest BCUT2D eigenvalue weighted by atomic mass is 79.9. The molecule has 1 N–H and O–H groups in total. The van der Waals surface area contributed by atoms with E-state index in [0.717, 1.165) is 26.9 Å². The van der Waals surface area contributed by atoms with Crippen molar-refractivity contribution in [3.8, 4) is 11.5 Å². The topological polar surface area (TPSA) is 47.6 Å². The fraction of sp³-hybridized carbons (Fsp3) is 0.278. The first-order chi connectivity index (χ1) is 11.0. The van der Waals surface area contributed by atoms with Crippen LogP contribution in [0.2, 0.25) is 0 Å². The number of halogens is 1. The number of rotatable bonds is 3. The Bertz CT molecular complexity index is 758. The van der Waals surface area contributed by atoms with Crippen molar-refractivity contribution in [2.45, 2.75) is 20.3 Å². The van der Waals surface area contributed by atoms with Gasteiger partial charge in [0.05, 0.1) is 6.42 Å². The van der Waals surface area contributed by atoms with Crippen molar-refractivity contribution in [2.75, 3.05) is 18.5 Å². The van der Waals surface area contributed by atoms with Gasteiger partial charge in [-0.05, 0) is 48.7 Å². The Morgan fingerprint density at radius 3 is 2.57 bits per heavy atom. The number of benzene rings is 2. The molecule has 120 valence electrons. The maximum absolute atomic E-state index is 12.4. The quantitative estimate of drug-likeness (QED) is 0.880. The van der Waals surface area contributed by atoms with Crippen LogP contribution in [-0.2, 0) is 11.2 Å². The molecule has 0 bridgehead atoms. The molecule has 1 amide bonds. The van der Waals surface area contributed by atoms with Gasteiger partial charge in [0.15, 0.2) is 11.5 Å². The third kappa shape index (κ3) is 3.67. The predicted molar refractivity (Wildman–Crippen MR) is 93.4 cm³/mol. The fourth-order valence-electron chi connectivity index (χ4n) is 2.48. The Hall–Kier alpha value is -2.01. The minimum Gasteiger partial charge on any atom is -0.486 e. The number of fused-ring (bicyclic) bond motifs is 1. The molecule has 2 aromatic carbocycles. The Morgan fingerprint density at radius 1 is 1.13 bits per heavy atom. The molecule has 0 spiro atoms. The van der Waals surface area contributed by atoms with E-state index in [0.29, 0.717) is 24.7 Å². The SMILES string of the molecule is Cc1ccc(C)c(NC(=O)Cc2cc3c(cc2Br)OCCO3)c1. The number of carbonyl (C=O) groups excluding carboxylic acids is 1. The summed E-state index contributed by atoms with van der Waals surface area (Å²) in [6.45, 7) is 5.07. The summed E-state index contributed by atoms with van der Waals surface area (Å²) in [7, 11) is 0. The first-order valence-corrected chi connectivity index (χ1v) is 8.27. The monoisotopic (exact) mass is 375 g/mol. The van der Waals surface area contributed by atoms with Gasteiger partial charge in [-0.1, -0.05) is 28.1 Å². The highest BCUT2D eigenvalue weighted by Crippen LogP contribution is 2.35. The van der Waals surface area contributed by atoms with Gasteiger partial charge in [-0.25, -0.2) is 0 Å². The van der Waals surface area contributed by atoms with Crippen LogP contribution < -0.4 is 14.8 Å². The molecule has 0 atom stereocenters. The summed E-state index contributed by atoms with van der Waals surface area (Å²) >= 11 is 3.50. The van der Waals surface area contributed by atoms with Gasteiger partial charge in [-0.15, -0.1) is 0 Å². The van der Waals surface area contributed by atoms with E-state index in [-0.39, 0.29) is 12.3 Å². The van der Waals surface area contributed by atoms with Crippen LogP contribution in [0.1, 0.15) is 16.7 Å². The number of aryl methyl sites for hydroxylation is 2. The molecule has 0 fully saturated rings. The molecule has 0 aromatic heterocycles. The van der Waals surface area contributed by atoms with E-state index in [1.54, 1.807) is 0 Å². The van der Waals surface area contributed by atoms with Crippen LogP contribution in [0.3, 0.4) is 0 Å². The standard InChI is InChI=1S/C18H18BrNO3/c1-11-3-4-12(2)15(7-11)20-18(21)9-13-8-16-17(10-14(13)19)23-6-5-22-16/h3-4,7-8,10H,5-6,9H2,1-2H3,(H,20,21). The van der Waals surface area contributed by atoms with Gasteiger partial charge < -0.3 is 14.8 Å². The van der Waals surface area contributed by atoms with Gasteiger partial charge in [0, 0.05) is 10.2 Å².